The number of hydrogen-bond acceptors (Lipinski definition) is 9. The Morgan fingerprint density at radius 2 is 1.67 bits per heavy atom. The molecule has 12 nitrogen and oxygen atoms in total. The van der Waals surface area contributed by atoms with E-state index in [0.717, 1.165) is 71.2 Å². The average molecular weight is 687 g/mol. The number of carboxylic acids is 2. The van der Waals surface area contributed by atoms with Crippen molar-refractivity contribution in [2.24, 2.45) is 0 Å². The van der Waals surface area contributed by atoms with Gasteiger partial charge in [-0.05, 0) is 49.8 Å². The van der Waals surface area contributed by atoms with Crippen LogP contribution < -0.4 is 15.2 Å². The van der Waals surface area contributed by atoms with Gasteiger partial charge in [0, 0.05) is 23.9 Å². The first kappa shape index (κ1) is 37.3. The van der Waals surface area contributed by atoms with Crippen LogP contribution in [0.1, 0.15) is 31.2 Å². The van der Waals surface area contributed by atoms with Crippen LogP contribution in [0.4, 0.5) is 32.3 Å². The number of fused-ring (bicyclic) bond motifs is 2. The summed E-state index contributed by atoms with van der Waals surface area (Å²) >= 11 is 0. The molecule has 0 bridgehead atoms. The Kier molecular flexibility index (Phi) is 12.5. The summed E-state index contributed by atoms with van der Waals surface area (Å²) in [7, 11) is 0. The van der Waals surface area contributed by atoms with E-state index in [2.05, 4.69) is 33.7 Å². The quantitative estimate of drug-likeness (QED) is 0.177. The zero-order valence-electron chi connectivity index (χ0n) is 25.6. The Balaban J connectivity index is 0.000000376. The summed E-state index contributed by atoms with van der Waals surface area (Å²) in [6, 6.07) is 13.9. The number of rotatable bonds is 8. The van der Waals surface area contributed by atoms with Crippen LogP contribution >= 0.6 is 0 Å². The van der Waals surface area contributed by atoms with Crippen LogP contribution in [0.5, 0.6) is 11.5 Å². The van der Waals surface area contributed by atoms with Gasteiger partial charge in [-0.15, -0.1) is 0 Å². The highest BCUT2D eigenvalue weighted by atomic mass is 19.4. The average Bonchev–Trinajstić information content (AvgIpc) is 3.46. The van der Waals surface area contributed by atoms with Gasteiger partial charge >= 0.3 is 24.3 Å². The van der Waals surface area contributed by atoms with Crippen molar-refractivity contribution in [3.8, 4) is 22.8 Å². The Bertz CT molecular complexity index is 1670. The molecule has 48 heavy (non-hydrogen) atoms. The molecule has 3 heterocycles. The first-order valence-corrected chi connectivity index (χ1v) is 14.3. The van der Waals surface area contributed by atoms with Crippen LogP contribution in [0.15, 0.2) is 48.7 Å². The molecule has 260 valence electrons. The van der Waals surface area contributed by atoms with Crippen molar-refractivity contribution in [3.05, 3.63) is 60.0 Å². The molecule has 1 atom stereocenters. The maximum atomic E-state index is 10.6. The van der Waals surface area contributed by atoms with Gasteiger partial charge in [-0.25, -0.2) is 24.5 Å². The lowest BCUT2D eigenvalue weighted by molar-refractivity contribution is -0.193. The zero-order valence-corrected chi connectivity index (χ0v) is 25.6. The number of aromatic amines is 1. The number of carboxylic acid groups (broad SMARTS) is 2. The van der Waals surface area contributed by atoms with E-state index in [4.69, 9.17) is 40.0 Å². The number of carbonyl (C=O) groups is 2. The van der Waals surface area contributed by atoms with Crippen LogP contribution in [0.3, 0.4) is 0 Å². The largest absolute Gasteiger partial charge is 0.492 e. The van der Waals surface area contributed by atoms with Crippen LogP contribution in [0.2, 0.25) is 0 Å². The molecule has 0 saturated carbocycles. The fourth-order valence-corrected chi connectivity index (χ4v) is 4.43. The van der Waals surface area contributed by atoms with Crippen LogP contribution in [0.25, 0.3) is 22.3 Å². The summed E-state index contributed by atoms with van der Waals surface area (Å²) in [5, 5.41) is 14.2. The number of aliphatic carboxylic acids is 2. The number of nitrogens with one attached hydrogen (secondary N) is 1. The number of H-pyrrole nitrogens is 1. The molecule has 2 aromatic carbocycles. The van der Waals surface area contributed by atoms with E-state index < -0.39 is 24.3 Å². The number of nitrogens with zero attached hydrogens (tertiary/aromatic N) is 4. The maximum Gasteiger partial charge on any atom is 0.490 e. The molecule has 4 aromatic rings. The van der Waals surface area contributed by atoms with Gasteiger partial charge in [0.05, 0.1) is 29.3 Å². The van der Waals surface area contributed by atoms with Gasteiger partial charge in [0.15, 0.2) is 0 Å². The number of nitrogen functional groups attached to an aromatic ring is 1. The van der Waals surface area contributed by atoms with Gasteiger partial charge in [-0.3, -0.25) is 0 Å². The maximum absolute atomic E-state index is 10.6. The van der Waals surface area contributed by atoms with Gasteiger partial charge in [-0.1, -0.05) is 26.0 Å². The van der Waals surface area contributed by atoms with Crippen LogP contribution in [0, 0.1) is 0 Å². The molecule has 1 aliphatic rings. The number of ether oxygens (including phenoxy) is 2. The number of halogens is 6. The Hall–Kier alpha value is -5.13. The molecule has 0 saturated heterocycles. The van der Waals surface area contributed by atoms with Crippen molar-refractivity contribution in [1.82, 2.24) is 24.8 Å². The normalized spacial score (nSPS) is 14.1. The highest BCUT2D eigenvalue weighted by Crippen LogP contribution is 2.38. The fourth-order valence-electron chi connectivity index (χ4n) is 4.43. The first-order chi connectivity index (χ1) is 22.5. The van der Waals surface area contributed by atoms with E-state index in [-0.39, 0.29) is 11.9 Å². The summed E-state index contributed by atoms with van der Waals surface area (Å²) < 4.78 is 75.8. The minimum Gasteiger partial charge on any atom is -0.492 e. The Labute approximate surface area is 269 Å². The predicted octanol–water partition coefficient (Wildman–Crippen LogP) is 5.31. The molecule has 0 fully saturated rings. The van der Waals surface area contributed by atoms with Crippen molar-refractivity contribution in [1.29, 1.82) is 0 Å². The minimum absolute atomic E-state index is 0.116. The number of likely N-dealkylation sites (N-methyl/N-ethyl adjacent to an activating group) is 1. The van der Waals surface area contributed by atoms with Crippen molar-refractivity contribution >= 4 is 28.9 Å². The van der Waals surface area contributed by atoms with Gasteiger partial charge < -0.3 is 35.3 Å². The van der Waals surface area contributed by atoms with Crippen molar-refractivity contribution < 1.29 is 55.6 Å². The summed E-state index contributed by atoms with van der Waals surface area (Å²) in [6.45, 7) is 8.53. The molecule has 0 aliphatic carbocycles. The molecule has 1 unspecified atom stereocenters. The van der Waals surface area contributed by atoms with Crippen molar-refractivity contribution in [2.45, 2.75) is 38.5 Å². The van der Waals surface area contributed by atoms with Gasteiger partial charge in [-0.2, -0.15) is 26.3 Å². The van der Waals surface area contributed by atoms with Crippen molar-refractivity contribution in [2.75, 3.05) is 38.6 Å². The van der Waals surface area contributed by atoms with Gasteiger partial charge in [0.2, 0.25) is 5.95 Å². The second-order valence-electron chi connectivity index (χ2n) is 10.1. The summed E-state index contributed by atoms with van der Waals surface area (Å²) in [5.74, 6) is -2.43. The molecular weight excluding hydrogens is 654 g/mol. The number of anilines is 1. The standard InChI is InChI=1S/C26H30N6O2.2C2HF3O2/c1-3-32(4-2)12-13-33-23-6-5-7-24-19(23)14-18(16-34-24)25-29-21-9-8-17(15-22(21)30-25)20-10-11-28-26(27)31-20;2*3-2(4,5)1(6)7/h5-11,15,18H,3-4,12-14,16H2,1-2H3,(H,29,30)(H2,27,28,31);2*(H,6,7). The zero-order chi connectivity index (χ0) is 35.6. The van der Waals surface area contributed by atoms with E-state index in [0.29, 0.717) is 13.2 Å². The molecule has 0 amide bonds. The third kappa shape index (κ3) is 10.4. The summed E-state index contributed by atoms with van der Waals surface area (Å²) in [5.41, 5.74) is 10.5. The smallest absolute Gasteiger partial charge is 0.490 e. The molecule has 0 radical (unpaired) electrons. The molecule has 2 aromatic heterocycles. The third-order valence-corrected chi connectivity index (χ3v) is 6.88. The number of aromatic nitrogens is 4. The van der Waals surface area contributed by atoms with Crippen LogP contribution in [-0.4, -0.2) is 92.2 Å². The lowest BCUT2D eigenvalue weighted by Gasteiger charge is -2.26. The number of benzene rings is 2. The van der Waals surface area contributed by atoms with Crippen LogP contribution in [-0.2, 0) is 16.0 Å². The molecule has 5 rings (SSSR count). The molecule has 0 spiro atoms. The second kappa shape index (κ2) is 16.1. The van der Waals surface area contributed by atoms with E-state index in [9.17, 15) is 26.3 Å². The SMILES string of the molecule is CCN(CC)CCOc1cccc2c1CC(c1nc3ccc(-c4ccnc(N)n4)cc3[nH]1)CO2.O=C(O)C(F)(F)F.O=C(O)C(F)(F)F. The Morgan fingerprint density at radius 3 is 2.25 bits per heavy atom. The minimum atomic E-state index is -5.08. The summed E-state index contributed by atoms with van der Waals surface area (Å²) in [6.07, 6.45) is -7.69. The van der Waals surface area contributed by atoms with E-state index in [1.54, 1.807) is 6.20 Å². The third-order valence-electron chi connectivity index (χ3n) is 6.88. The lowest BCUT2D eigenvalue weighted by atomic mass is 9.95. The molecule has 18 heteroatoms. The molecule has 1 aliphatic heterocycles. The highest BCUT2D eigenvalue weighted by molar-refractivity contribution is 5.81. The van der Waals surface area contributed by atoms with E-state index in [1.807, 2.05) is 42.5 Å². The molecule has 5 N–H and O–H groups in total. The lowest BCUT2D eigenvalue weighted by Crippen LogP contribution is -2.28. The van der Waals surface area contributed by atoms with Crippen molar-refractivity contribution in [3.63, 3.8) is 0 Å². The Morgan fingerprint density at radius 1 is 1.02 bits per heavy atom. The monoisotopic (exact) mass is 686 g/mol. The van der Waals surface area contributed by atoms with Gasteiger partial charge in [0.25, 0.3) is 0 Å². The number of imidazole rings is 1. The molecular formula is C30H32F6N6O6. The van der Waals surface area contributed by atoms with E-state index >= 15 is 0 Å². The predicted molar refractivity (Wildman–Crippen MR) is 161 cm³/mol. The summed E-state index contributed by atoms with van der Waals surface area (Å²) in [4.78, 5) is 36.8. The first-order valence-electron chi connectivity index (χ1n) is 14.3. The topological polar surface area (TPSA) is 177 Å². The number of hydrogen-bond donors (Lipinski definition) is 4. The second-order valence-corrected chi connectivity index (χ2v) is 10.1. The fraction of sp³-hybridized carbons (Fsp3) is 0.367. The highest BCUT2D eigenvalue weighted by Gasteiger charge is 2.39. The number of nitrogens with two attached hydrogens (primary N) is 1. The number of alkyl halides is 6. The van der Waals surface area contributed by atoms with Gasteiger partial charge in [0.1, 0.15) is 23.9 Å². The van der Waals surface area contributed by atoms with E-state index in [1.165, 1.54) is 0 Å².